The Kier molecular flexibility index (Phi) is 5.86. The first kappa shape index (κ1) is 18.1. The molecule has 0 saturated carbocycles. The second-order valence-electron chi connectivity index (χ2n) is 6.38. The Morgan fingerprint density at radius 2 is 2.08 bits per heavy atom. The molecule has 1 aliphatic heterocycles. The summed E-state index contributed by atoms with van der Waals surface area (Å²) in [5.41, 5.74) is 2.42. The Morgan fingerprint density at radius 1 is 1.32 bits per heavy atom. The van der Waals surface area contributed by atoms with Crippen LogP contribution in [0.1, 0.15) is 23.5 Å². The van der Waals surface area contributed by atoms with Crippen molar-refractivity contribution in [1.82, 2.24) is 20.0 Å². The molecule has 5 nitrogen and oxygen atoms in total. The first-order chi connectivity index (χ1) is 12.0. The zero-order valence-electron chi connectivity index (χ0n) is 14.5. The Morgan fingerprint density at radius 3 is 2.72 bits per heavy atom. The van der Waals surface area contributed by atoms with Crippen molar-refractivity contribution in [3.8, 4) is 0 Å². The van der Waals surface area contributed by atoms with E-state index in [1.54, 1.807) is 6.07 Å². The molecule has 1 unspecified atom stereocenters. The number of aryl methyl sites for hydroxylation is 1. The van der Waals surface area contributed by atoms with Gasteiger partial charge < -0.3 is 10.2 Å². The van der Waals surface area contributed by atoms with Crippen LogP contribution in [0, 0.1) is 0 Å². The maximum Gasteiger partial charge on any atom is 0.193 e. The molecule has 1 fully saturated rings. The number of hydrogen-bond donors (Lipinski definition) is 1. The molecule has 25 heavy (non-hydrogen) atoms. The van der Waals surface area contributed by atoms with Crippen molar-refractivity contribution in [3.63, 3.8) is 0 Å². The highest BCUT2D eigenvalue weighted by Crippen LogP contribution is 2.26. The number of rotatable bonds is 4. The van der Waals surface area contributed by atoms with Crippen LogP contribution in [0.3, 0.4) is 0 Å². The largest absolute Gasteiger partial charge is 0.356 e. The standard InChI is InChI=1S/C18H23Cl2N5/c1-21-18(22-5-3-13-7-16(19)9-17(20)8-13)25-6-4-14(12-25)15-10-23-24(2)11-15/h7-11,14H,3-6,12H2,1-2H3,(H,21,22). The monoisotopic (exact) mass is 379 g/mol. The lowest BCUT2D eigenvalue weighted by molar-refractivity contribution is 0.486. The molecular formula is C18H23Cl2N5. The van der Waals surface area contributed by atoms with Gasteiger partial charge in [0.2, 0.25) is 0 Å². The van der Waals surface area contributed by atoms with Gasteiger partial charge >= 0.3 is 0 Å². The van der Waals surface area contributed by atoms with E-state index >= 15 is 0 Å². The second-order valence-corrected chi connectivity index (χ2v) is 7.25. The van der Waals surface area contributed by atoms with Crippen molar-refractivity contribution in [2.45, 2.75) is 18.8 Å². The lowest BCUT2D eigenvalue weighted by Crippen LogP contribution is -2.40. The Labute approximate surface area is 158 Å². The van der Waals surface area contributed by atoms with Gasteiger partial charge in [0.25, 0.3) is 0 Å². The van der Waals surface area contributed by atoms with Gasteiger partial charge in [-0.05, 0) is 42.2 Å². The number of hydrogen-bond acceptors (Lipinski definition) is 2. The van der Waals surface area contributed by atoms with Crippen LogP contribution in [-0.2, 0) is 13.5 Å². The van der Waals surface area contributed by atoms with Crippen LogP contribution in [0.4, 0.5) is 0 Å². The van der Waals surface area contributed by atoms with Gasteiger partial charge in [-0.15, -0.1) is 0 Å². The Bertz CT molecular complexity index is 735. The predicted octanol–water partition coefficient (Wildman–Crippen LogP) is 3.33. The molecule has 0 spiro atoms. The number of likely N-dealkylation sites (tertiary alicyclic amines) is 1. The van der Waals surface area contributed by atoms with Crippen molar-refractivity contribution in [1.29, 1.82) is 0 Å². The van der Waals surface area contributed by atoms with Crippen molar-refractivity contribution in [3.05, 3.63) is 51.8 Å². The van der Waals surface area contributed by atoms with Gasteiger partial charge in [-0.1, -0.05) is 23.2 Å². The molecule has 7 heteroatoms. The highest BCUT2D eigenvalue weighted by atomic mass is 35.5. The van der Waals surface area contributed by atoms with Crippen LogP contribution >= 0.6 is 23.2 Å². The summed E-state index contributed by atoms with van der Waals surface area (Å²) < 4.78 is 1.86. The van der Waals surface area contributed by atoms with E-state index in [0.29, 0.717) is 16.0 Å². The van der Waals surface area contributed by atoms with Gasteiger partial charge in [-0.25, -0.2) is 0 Å². The quantitative estimate of drug-likeness (QED) is 0.654. The number of nitrogens with zero attached hydrogens (tertiary/aromatic N) is 4. The summed E-state index contributed by atoms with van der Waals surface area (Å²) in [5, 5.41) is 9.07. The zero-order chi connectivity index (χ0) is 17.8. The highest BCUT2D eigenvalue weighted by molar-refractivity contribution is 6.34. The van der Waals surface area contributed by atoms with E-state index in [0.717, 1.165) is 44.0 Å². The number of halogens is 2. The number of guanidine groups is 1. The fourth-order valence-corrected chi connectivity index (χ4v) is 3.85. The summed E-state index contributed by atoms with van der Waals surface area (Å²) in [5.74, 6) is 1.46. The Balaban J connectivity index is 1.53. The van der Waals surface area contributed by atoms with Gasteiger partial charge in [-0.2, -0.15) is 5.10 Å². The molecule has 0 bridgehead atoms. The molecule has 1 aliphatic rings. The molecule has 1 aromatic carbocycles. The summed E-state index contributed by atoms with van der Waals surface area (Å²) in [6.07, 6.45) is 6.04. The maximum absolute atomic E-state index is 6.05. The SMILES string of the molecule is CN=C(NCCc1cc(Cl)cc(Cl)c1)N1CCC(c2cnn(C)c2)C1. The van der Waals surface area contributed by atoms with Gasteiger partial charge in [0, 0.05) is 55.9 Å². The number of aliphatic imine (C=N–C) groups is 1. The highest BCUT2D eigenvalue weighted by Gasteiger charge is 2.26. The average molecular weight is 380 g/mol. The molecule has 1 atom stereocenters. The normalized spacial score (nSPS) is 18.0. The van der Waals surface area contributed by atoms with E-state index < -0.39 is 0 Å². The second kappa shape index (κ2) is 8.11. The molecule has 3 rings (SSSR count). The van der Waals surface area contributed by atoms with E-state index in [1.165, 1.54) is 5.56 Å². The van der Waals surface area contributed by atoms with Crippen LogP contribution in [0.2, 0.25) is 10.0 Å². The average Bonchev–Trinajstić information content (AvgIpc) is 3.19. The zero-order valence-corrected chi connectivity index (χ0v) is 16.1. The third kappa shape index (κ3) is 4.67. The summed E-state index contributed by atoms with van der Waals surface area (Å²) in [6.45, 7) is 2.76. The molecule has 2 aromatic rings. The minimum atomic E-state index is 0.513. The minimum absolute atomic E-state index is 0.513. The van der Waals surface area contributed by atoms with Gasteiger partial charge in [0.05, 0.1) is 6.20 Å². The van der Waals surface area contributed by atoms with Crippen LogP contribution in [-0.4, -0.2) is 47.3 Å². The van der Waals surface area contributed by atoms with E-state index in [4.69, 9.17) is 23.2 Å². The van der Waals surface area contributed by atoms with Crippen molar-refractivity contribution < 1.29 is 0 Å². The van der Waals surface area contributed by atoms with Crippen molar-refractivity contribution >= 4 is 29.2 Å². The van der Waals surface area contributed by atoms with E-state index in [2.05, 4.69) is 26.5 Å². The number of aromatic nitrogens is 2. The minimum Gasteiger partial charge on any atom is -0.356 e. The first-order valence-corrected chi connectivity index (χ1v) is 9.20. The maximum atomic E-state index is 6.05. The molecule has 0 amide bonds. The van der Waals surface area contributed by atoms with Crippen molar-refractivity contribution in [2.75, 3.05) is 26.7 Å². The van der Waals surface area contributed by atoms with E-state index in [9.17, 15) is 0 Å². The molecule has 1 saturated heterocycles. The first-order valence-electron chi connectivity index (χ1n) is 8.44. The fraction of sp³-hybridized carbons (Fsp3) is 0.444. The molecule has 1 N–H and O–H groups in total. The summed E-state index contributed by atoms with van der Waals surface area (Å²) in [4.78, 5) is 6.74. The van der Waals surface area contributed by atoms with Crippen molar-refractivity contribution in [2.24, 2.45) is 12.0 Å². The van der Waals surface area contributed by atoms with Crippen LogP contribution in [0.25, 0.3) is 0 Å². The van der Waals surface area contributed by atoms with Crippen LogP contribution < -0.4 is 5.32 Å². The molecular weight excluding hydrogens is 357 g/mol. The van der Waals surface area contributed by atoms with Gasteiger partial charge in [0.15, 0.2) is 5.96 Å². The third-order valence-corrected chi connectivity index (χ3v) is 4.95. The van der Waals surface area contributed by atoms with Gasteiger partial charge in [0.1, 0.15) is 0 Å². The third-order valence-electron chi connectivity index (χ3n) is 4.51. The van der Waals surface area contributed by atoms with E-state index in [-0.39, 0.29) is 0 Å². The topological polar surface area (TPSA) is 45.5 Å². The fourth-order valence-electron chi connectivity index (χ4n) is 3.28. The number of nitrogens with one attached hydrogen (secondary N) is 1. The summed E-state index contributed by atoms with van der Waals surface area (Å²) in [7, 11) is 3.79. The van der Waals surface area contributed by atoms with E-state index in [1.807, 2.05) is 37.1 Å². The lowest BCUT2D eigenvalue weighted by atomic mass is 10.0. The molecule has 2 heterocycles. The van der Waals surface area contributed by atoms with Crippen LogP contribution in [0.15, 0.2) is 35.6 Å². The lowest BCUT2D eigenvalue weighted by Gasteiger charge is -2.21. The molecule has 0 aliphatic carbocycles. The molecule has 134 valence electrons. The predicted molar refractivity (Wildman–Crippen MR) is 104 cm³/mol. The van der Waals surface area contributed by atoms with Gasteiger partial charge in [-0.3, -0.25) is 9.67 Å². The smallest absolute Gasteiger partial charge is 0.193 e. The van der Waals surface area contributed by atoms with Crippen LogP contribution in [0.5, 0.6) is 0 Å². The summed E-state index contributed by atoms with van der Waals surface area (Å²) >= 11 is 12.1. The molecule has 0 radical (unpaired) electrons. The molecule has 1 aromatic heterocycles. The number of benzene rings is 1. The Hall–Kier alpha value is -1.72. The summed E-state index contributed by atoms with van der Waals surface area (Å²) in [6, 6.07) is 5.65.